The van der Waals surface area contributed by atoms with Gasteiger partial charge in [-0.2, -0.15) is 0 Å². The van der Waals surface area contributed by atoms with Gasteiger partial charge in [0.05, 0.1) is 39.5 Å². The van der Waals surface area contributed by atoms with Gasteiger partial charge in [0.2, 0.25) is 5.91 Å². The number of nitrogens with one attached hydrogen (secondary N) is 1. The van der Waals surface area contributed by atoms with Crippen molar-refractivity contribution in [1.29, 1.82) is 0 Å². The van der Waals surface area contributed by atoms with Gasteiger partial charge in [0.1, 0.15) is 22.9 Å². The number of benzene rings is 3. The zero-order chi connectivity index (χ0) is 26.9. The summed E-state index contributed by atoms with van der Waals surface area (Å²) >= 11 is 0. The van der Waals surface area contributed by atoms with Crippen LogP contribution in [-0.2, 0) is 30.3 Å². The van der Waals surface area contributed by atoms with Gasteiger partial charge in [-0.25, -0.2) is 0 Å². The summed E-state index contributed by atoms with van der Waals surface area (Å²) in [5, 5.41) is 33.1. The van der Waals surface area contributed by atoms with E-state index in [0.29, 0.717) is 33.7 Å². The minimum Gasteiger partial charge on any atom is -0.497 e. The first-order valence-electron chi connectivity index (χ1n) is 12.3. The molecule has 0 saturated heterocycles. The number of aliphatic hydroxyl groups is 2. The zero-order valence-electron chi connectivity index (χ0n) is 20.8. The van der Waals surface area contributed by atoms with Crippen LogP contribution >= 0.6 is 0 Å². The fourth-order valence-electron chi connectivity index (χ4n) is 6.14. The minimum atomic E-state index is -1.58. The van der Waals surface area contributed by atoms with E-state index in [4.69, 9.17) is 14.2 Å². The van der Waals surface area contributed by atoms with Crippen molar-refractivity contribution in [2.75, 3.05) is 38.9 Å². The number of methoxy groups -OCH3 is 1. The zero-order valence-corrected chi connectivity index (χ0v) is 20.8. The number of anilines is 1. The van der Waals surface area contributed by atoms with Crippen LogP contribution in [0.25, 0.3) is 0 Å². The van der Waals surface area contributed by atoms with E-state index in [1.165, 1.54) is 7.11 Å². The molecule has 3 aromatic carbocycles. The summed E-state index contributed by atoms with van der Waals surface area (Å²) in [7, 11) is 1.53. The quantitative estimate of drug-likeness (QED) is 0.321. The maximum absolute atomic E-state index is 14.2. The summed E-state index contributed by atoms with van der Waals surface area (Å²) in [6.07, 6.45) is 0. The molecule has 3 aromatic rings. The normalized spacial score (nSPS) is 24.8. The molecule has 0 fully saturated rings. The second-order valence-corrected chi connectivity index (χ2v) is 9.22. The number of carbonyl (C=O) groups excluding carboxylic acids is 1. The number of carboxylic acid groups (broad SMARTS) is 1. The third kappa shape index (κ3) is 3.70. The summed E-state index contributed by atoms with van der Waals surface area (Å²) in [4.78, 5) is 27.3. The first kappa shape index (κ1) is 25.9. The van der Waals surface area contributed by atoms with E-state index in [1.54, 1.807) is 72.8 Å². The molecule has 0 heterocycles. The maximum Gasteiger partial charge on any atom is 0.311 e. The lowest BCUT2D eigenvalue weighted by Gasteiger charge is -2.60. The fourth-order valence-corrected chi connectivity index (χ4v) is 6.14. The predicted molar refractivity (Wildman–Crippen MR) is 137 cm³/mol. The van der Waals surface area contributed by atoms with E-state index in [9.17, 15) is 24.9 Å². The fraction of sp³-hybridized carbons (Fsp3) is 0.310. The van der Waals surface area contributed by atoms with Gasteiger partial charge in [0.15, 0.2) is 0 Å². The molecule has 0 aromatic heterocycles. The molecule has 3 aliphatic rings. The van der Waals surface area contributed by atoms with Crippen LogP contribution < -0.4 is 10.1 Å². The van der Waals surface area contributed by atoms with Gasteiger partial charge < -0.3 is 34.8 Å². The molecule has 3 aliphatic carbocycles. The number of ether oxygens (including phenoxy) is 3. The molecule has 38 heavy (non-hydrogen) atoms. The Morgan fingerprint density at radius 2 is 1.21 bits per heavy atom. The van der Waals surface area contributed by atoms with Gasteiger partial charge in [-0.3, -0.25) is 9.59 Å². The topological polar surface area (TPSA) is 135 Å². The summed E-state index contributed by atoms with van der Waals surface area (Å²) in [5.41, 5.74) is -0.397. The number of hydrogen-bond acceptors (Lipinski definition) is 7. The monoisotopic (exact) mass is 519 g/mol. The number of hydrogen-bond donors (Lipinski definition) is 4. The van der Waals surface area contributed by atoms with E-state index in [2.05, 4.69) is 5.32 Å². The first-order chi connectivity index (χ1) is 18.4. The molecule has 0 spiro atoms. The Balaban J connectivity index is 1.78. The van der Waals surface area contributed by atoms with Crippen LogP contribution in [0.15, 0.2) is 72.8 Å². The highest BCUT2D eigenvalue weighted by molar-refractivity contribution is 5.99. The van der Waals surface area contributed by atoms with Crippen molar-refractivity contribution in [3.05, 3.63) is 95.1 Å². The van der Waals surface area contributed by atoms with Crippen molar-refractivity contribution < 1.29 is 39.1 Å². The van der Waals surface area contributed by atoms with Gasteiger partial charge >= 0.3 is 5.97 Å². The predicted octanol–water partition coefficient (Wildman–Crippen LogP) is 2.48. The smallest absolute Gasteiger partial charge is 0.311 e. The van der Waals surface area contributed by atoms with Crippen LogP contribution in [0.5, 0.6) is 5.75 Å². The number of carbonyl (C=O) groups is 2. The van der Waals surface area contributed by atoms with Crippen LogP contribution in [-0.4, -0.2) is 60.7 Å². The van der Waals surface area contributed by atoms with E-state index < -0.39 is 34.9 Å². The van der Waals surface area contributed by atoms with Crippen molar-refractivity contribution in [3.63, 3.8) is 0 Å². The maximum atomic E-state index is 14.2. The Hall–Kier alpha value is -3.76. The molecule has 4 N–H and O–H groups in total. The van der Waals surface area contributed by atoms with Gasteiger partial charge in [-0.15, -0.1) is 0 Å². The highest BCUT2D eigenvalue weighted by Gasteiger charge is 2.71. The molecular formula is C29H29NO8. The van der Waals surface area contributed by atoms with Crippen LogP contribution in [0.4, 0.5) is 5.69 Å². The lowest BCUT2D eigenvalue weighted by atomic mass is 9.49. The Bertz CT molecular complexity index is 1290. The largest absolute Gasteiger partial charge is 0.497 e. The Labute approximate surface area is 219 Å². The molecule has 2 bridgehead atoms. The SMILES string of the molecule is COc1ccc(NC(=O)C2C(C(=O)O)C3(OCCO)c4ccccc4C2(OCCO)c2ccccc23)cc1. The van der Waals surface area contributed by atoms with Crippen molar-refractivity contribution in [2.24, 2.45) is 11.8 Å². The summed E-state index contributed by atoms with van der Waals surface area (Å²) in [6, 6.07) is 21.0. The lowest BCUT2D eigenvalue weighted by Crippen LogP contribution is -2.67. The summed E-state index contributed by atoms with van der Waals surface area (Å²) < 4.78 is 17.9. The van der Waals surface area contributed by atoms with E-state index >= 15 is 0 Å². The standard InChI is InChI=1S/C29H29NO8/c1-36-19-12-10-18(11-13-19)30-26(33)24-25(27(34)35)29(38-17-15-32)22-8-4-2-6-20(22)28(24,37-16-14-31)21-7-3-5-9-23(21)29/h2-13,24-25,31-32H,14-17H2,1H3,(H,30,33)(H,34,35). The Morgan fingerprint density at radius 1 is 0.763 bits per heavy atom. The molecule has 0 aliphatic heterocycles. The first-order valence-corrected chi connectivity index (χ1v) is 12.3. The van der Waals surface area contributed by atoms with Gasteiger partial charge in [0.25, 0.3) is 0 Å². The number of aliphatic carboxylic acids is 1. The molecule has 9 heteroatoms. The van der Waals surface area contributed by atoms with Gasteiger partial charge in [0, 0.05) is 5.69 Å². The van der Waals surface area contributed by atoms with Crippen LogP contribution in [0.2, 0.25) is 0 Å². The third-order valence-corrected chi connectivity index (χ3v) is 7.41. The van der Waals surface area contributed by atoms with Crippen molar-refractivity contribution in [3.8, 4) is 5.75 Å². The molecule has 0 saturated carbocycles. The van der Waals surface area contributed by atoms with Gasteiger partial charge in [-0.1, -0.05) is 48.5 Å². The summed E-state index contributed by atoms with van der Waals surface area (Å²) in [5.74, 6) is -3.95. The van der Waals surface area contributed by atoms with Crippen molar-refractivity contribution in [1.82, 2.24) is 0 Å². The van der Waals surface area contributed by atoms with E-state index in [-0.39, 0.29) is 26.4 Å². The minimum absolute atomic E-state index is 0.133. The van der Waals surface area contributed by atoms with Crippen molar-refractivity contribution in [2.45, 2.75) is 11.2 Å². The summed E-state index contributed by atoms with van der Waals surface area (Å²) in [6.45, 7) is -0.953. The highest BCUT2D eigenvalue weighted by Crippen LogP contribution is 2.65. The molecule has 2 unspecified atom stereocenters. The Kier molecular flexibility index (Phi) is 6.93. The van der Waals surface area contributed by atoms with Crippen LogP contribution in [0.1, 0.15) is 22.3 Å². The third-order valence-electron chi connectivity index (χ3n) is 7.41. The molecule has 0 radical (unpaired) electrons. The Morgan fingerprint density at radius 3 is 1.61 bits per heavy atom. The molecule has 198 valence electrons. The second kappa shape index (κ2) is 10.2. The van der Waals surface area contributed by atoms with Gasteiger partial charge in [-0.05, 0) is 46.5 Å². The van der Waals surface area contributed by atoms with Crippen molar-refractivity contribution >= 4 is 17.6 Å². The number of fused-ring (bicyclic) bond motifs is 1. The number of amides is 1. The van der Waals surface area contributed by atoms with Crippen LogP contribution in [0, 0.1) is 11.8 Å². The average molecular weight is 520 g/mol. The van der Waals surface area contributed by atoms with E-state index in [0.717, 1.165) is 0 Å². The molecule has 6 rings (SSSR count). The average Bonchev–Trinajstić information content (AvgIpc) is 2.95. The van der Waals surface area contributed by atoms with Crippen LogP contribution in [0.3, 0.4) is 0 Å². The number of carboxylic acids is 1. The number of aliphatic hydroxyl groups excluding tert-OH is 2. The molecular weight excluding hydrogens is 490 g/mol. The van der Waals surface area contributed by atoms with E-state index in [1.807, 2.05) is 0 Å². The lowest BCUT2D eigenvalue weighted by molar-refractivity contribution is -0.198. The molecule has 1 amide bonds. The molecule has 2 atom stereocenters. The molecule has 9 nitrogen and oxygen atoms in total. The number of rotatable bonds is 10. The second-order valence-electron chi connectivity index (χ2n) is 9.22. The highest BCUT2D eigenvalue weighted by atomic mass is 16.5.